The molecule has 2 aromatic heterocycles. The number of aliphatic hydroxyl groups is 1. The lowest BCUT2D eigenvalue weighted by Gasteiger charge is -2.41. The van der Waals surface area contributed by atoms with Crippen LogP contribution in [0.1, 0.15) is 34.0 Å². The first kappa shape index (κ1) is 24.7. The van der Waals surface area contributed by atoms with Gasteiger partial charge >= 0.3 is 0 Å². The number of hydrogen-bond donors (Lipinski definition) is 1. The molecule has 1 N–H and O–H groups in total. The summed E-state index contributed by atoms with van der Waals surface area (Å²) in [4.78, 5) is 2.53. The molecule has 0 spiro atoms. The Kier molecular flexibility index (Phi) is 6.21. The molecule has 7 rings (SSSR count). The summed E-state index contributed by atoms with van der Waals surface area (Å²) in [5, 5.41) is 15.7. The Hall–Kier alpha value is -4.27. The zero-order valence-corrected chi connectivity index (χ0v) is 22.7. The molecule has 40 heavy (non-hydrogen) atoms. The summed E-state index contributed by atoms with van der Waals surface area (Å²) in [7, 11) is 3.39. The minimum Gasteiger partial charge on any atom is -0.497 e. The van der Waals surface area contributed by atoms with Gasteiger partial charge in [-0.3, -0.25) is 4.90 Å². The first-order valence-electron chi connectivity index (χ1n) is 13.6. The minimum atomic E-state index is -0.0363. The summed E-state index contributed by atoms with van der Waals surface area (Å²) in [6.45, 7) is 2.16. The molecule has 0 saturated heterocycles. The first-order valence-corrected chi connectivity index (χ1v) is 13.6. The van der Waals surface area contributed by atoms with E-state index in [4.69, 9.17) is 14.2 Å². The van der Waals surface area contributed by atoms with Gasteiger partial charge < -0.3 is 23.9 Å². The average molecular weight is 537 g/mol. The maximum Gasteiger partial charge on any atom is 0.162 e. The Morgan fingerprint density at radius 1 is 1.00 bits per heavy atom. The number of nitrogens with zero attached hydrogens (tertiary/aromatic N) is 4. The third kappa shape index (κ3) is 4.11. The molecule has 3 aromatic carbocycles. The second kappa shape index (κ2) is 10.0. The van der Waals surface area contributed by atoms with Gasteiger partial charge in [0.15, 0.2) is 11.5 Å². The molecular weight excluding hydrogens is 504 g/mol. The van der Waals surface area contributed by atoms with Crippen LogP contribution in [0.5, 0.6) is 17.2 Å². The van der Waals surface area contributed by atoms with E-state index in [1.54, 1.807) is 20.4 Å². The highest BCUT2D eigenvalue weighted by Gasteiger charge is 2.36. The number of aliphatic hydroxyl groups excluding tert-OH is 1. The van der Waals surface area contributed by atoms with Gasteiger partial charge in [0.05, 0.1) is 25.4 Å². The first-order chi connectivity index (χ1) is 19.7. The maximum atomic E-state index is 10.2. The molecule has 0 saturated carbocycles. The molecule has 0 bridgehead atoms. The zero-order chi connectivity index (χ0) is 27.2. The van der Waals surface area contributed by atoms with Crippen molar-refractivity contribution in [1.82, 2.24) is 19.2 Å². The van der Waals surface area contributed by atoms with Crippen LogP contribution in [0.4, 0.5) is 0 Å². The van der Waals surface area contributed by atoms with Gasteiger partial charge in [0, 0.05) is 42.6 Å². The van der Waals surface area contributed by atoms with Crippen LogP contribution in [-0.4, -0.2) is 45.1 Å². The molecule has 0 amide bonds. The third-order valence-electron chi connectivity index (χ3n) is 8.38. The Labute approximate surface area is 232 Å². The predicted octanol–water partition coefficient (Wildman–Crippen LogP) is 5.03. The van der Waals surface area contributed by atoms with Crippen molar-refractivity contribution in [3.63, 3.8) is 0 Å². The Morgan fingerprint density at radius 3 is 2.62 bits per heavy atom. The van der Waals surface area contributed by atoms with Crippen molar-refractivity contribution in [3.05, 3.63) is 101 Å². The summed E-state index contributed by atoms with van der Waals surface area (Å²) in [5.41, 5.74) is 8.20. The van der Waals surface area contributed by atoms with Crippen LogP contribution in [0.3, 0.4) is 0 Å². The maximum absolute atomic E-state index is 10.2. The molecule has 0 fully saturated rings. The highest BCUT2D eigenvalue weighted by molar-refractivity contribution is 5.87. The van der Waals surface area contributed by atoms with Gasteiger partial charge in [-0.15, -0.1) is 0 Å². The normalized spacial score (nSPS) is 16.3. The monoisotopic (exact) mass is 536 g/mol. The van der Waals surface area contributed by atoms with Crippen molar-refractivity contribution in [2.45, 2.75) is 38.8 Å². The van der Waals surface area contributed by atoms with Crippen LogP contribution in [0, 0.1) is 0 Å². The van der Waals surface area contributed by atoms with Crippen LogP contribution < -0.4 is 14.2 Å². The number of methoxy groups -OCH3 is 2. The molecule has 2 aliphatic rings. The number of fused-ring (bicyclic) bond motifs is 6. The third-order valence-corrected chi connectivity index (χ3v) is 8.38. The van der Waals surface area contributed by atoms with E-state index in [1.165, 1.54) is 22.4 Å². The van der Waals surface area contributed by atoms with Gasteiger partial charge in [0.2, 0.25) is 0 Å². The fraction of sp³-hybridized carbons (Fsp3) is 0.281. The standard InChI is InChI=1S/C32H32N4O4/c1-38-24-8-9-28-26(15-24)27-16-29-25-17-32(40-19-21-4-6-23(7-5-21)36-12-3-11-33-36)31(39-2)14-22(25)10-13-34(29)18-30(27)35(28)20-37/h3-9,11-12,14-15,17,29,37H,10,13,16,18-20H2,1-2H3. The van der Waals surface area contributed by atoms with E-state index in [1.807, 2.05) is 45.8 Å². The molecular formula is C32H32N4O4. The molecule has 8 heteroatoms. The molecule has 8 nitrogen and oxygen atoms in total. The molecule has 5 aromatic rings. The van der Waals surface area contributed by atoms with E-state index in [0.717, 1.165) is 65.3 Å². The highest BCUT2D eigenvalue weighted by Crippen LogP contribution is 2.45. The van der Waals surface area contributed by atoms with E-state index in [0.29, 0.717) is 6.61 Å². The number of rotatable bonds is 7. The van der Waals surface area contributed by atoms with Gasteiger partial charge in [-0.2, -0.15) is 5.10 Å². The van der Waals surface area contributed by atoms with Crippen molar-refractivity contribution in [3.8, 4) is 22.9 Å². The second-order valence-electron chi connectivity index (χ2n) is 10.4. The molecule has 1 unspecified atom stereocenters. The van der Waals surface area contributed by atoms with Gasteiger partial charge in [0.1, 0.15) is 19.1 Å². The van der Waals surface area contributed by atoms with E-state index < -0.39 is 0 Å². The lowest BCUT2D eigenvalue weighted by Crippen LogP contribution is -2.39. The second-order valence-corrected chi connectivity index (χ2v) is 10.4. The molecule has 0 aliphatic carbocycles. The van der Waals surface area contributed by atoms with Crippen LogP contribution in [0.25, 0.3) is 16.6 Å². The smallest absolute Gasteiger partial charge is 0.162 e. The molecule has 0 radical (unpaired) electrons. The van der Waals surface area contributed by atoms with Crippen LogP contribution in [0.15, 0.2) is 73.1 Å². The Bertz CT molecular complexity index is 1670. The summed E-state index contributed by atoms with van der Waals surface area (Å²) in [5.74, 6) is 2.35. The quantitative estimate of drug-likeness (QED) is 0.315. The predicted molar refractivity (Wildman–Crippen MR) is 152 cm³/mol. The van der Waals surface area contributed by atoms with Crippen LogP contribution in [-0.2, 0) is 32.7 Å². The molecule has 204 valence electrons. The topological polar surface area (TPSA) is 73.9 Å². The van der Waals surface area contributed by atoms with Gasteiger partial charge in [0.25, 0.3) is 0 Å². The molecule has 2 aliphatic heterocycles. The van der Waals surface area contributed by atoms with Gasteiger partial charge in [-0.25, -0.2) is 4.68 Å². The summed E-state index contributed by atoms with van der Waals surface area (Å²) in [6, 6.07) is 20.8. The van der Waals surface area contributed by atoms with Crippen LogP contribution >= 0.6 is 0 Å². The van der Waals surface area contributed by atoms with E-state index in [9.17, 15) is 5.11 Å². The van der Waals surface area contributed by atoms with E-state index in [-0.39, 0.29) is 12.8 Å². The van der Waals surface area contributed by atoms with Crippen molar-refractivity contribution < 1.29 is 19.3 Å². The fourth-order valence-corrected chi connectivity index (χ4v) is 6.33. The van der Waals surface area contributed by atoms with Crippen molar-refractivity contribution >= 4 is 10.9 Å². The van der Waals surface area contributed by atoms with Crippen molar-refractivity contribution in [2.24, 2.45) is 0 Å². The summed E-state index contributed by atoms with van der Waals surface area (Å²) in [6.07, 6.45) is 5.51. The SMILES string of the molecule is COc1ccc2c(c1)c1c(n2CO)CN2CCc3cc(OC)c(OCc4ccc(-n5cccn5)cc4)cc3C2C1. The highest BCUT2D eigenvalue weighted by atomic mass is 16.5. The van der Waals surface area contributed by atoms with Gasteiger partial charge in [-0.1, -0.05) is 12.1 Å². The lowest BCUT2D eigenvalue weighted by molar-refractivity contribution is 0.145. The summed E-state index contributed by atoms with van der Waals surface area (Å²) < 4.78 is 21.5. The minimum absolute atomic E-state index is 0.0363. The number of benzene rings is 3. The number of ether oxygens (including phenoxy) is 3. The van der Waals surface area contributed by atoms with Crippen molar-refractivity contribution in [2.75, 3.05) is 20.8 Å². The number of aromatic nitrogens is 3. The van der Waals surface area contributed by atoms with Crippen molar-refractivity contribution in [1.29, 1.82) is 0 Å². The van der Waals surface area contributed by atoms with E-state index in [2.05, 4.69) is 40.3 Å². The Morgan fingerprint density at radius 2 is 1.88 bits per heavy atom. The average Bonchev–Trinajstić information content (AvgIpc) is 3.65. The zero-order valence-electron chi connectivity index (χ0n) is 22.7. The van der Waals surface area contributed by atoms with Gasteiger partial charge in [-0.05, 0) is 83.6 Å². The largest absolute Gasteiger partial charge is 0.497 e. The fourth-order valence-electron chi connectivity index (χ4n) is 6.33. The summed E-state index contributed by atoms with van der Waals surface area (Å²) >= 11 is 0. The lowest BCUT2D eigenvalue weighted by atomic mass is 9.85. The molecule has 1 atom stereocenters. The molecule has 4 heterocycles. The van der Waals surface area contributed by atoms with E-state index >= 15 is 0 Å². The Balaban J connectivity index is 1.19. The number of hydrogen-bond acceptors (Lipinski definition) is 6. The van der Waals surface area contributed by atoms with Crippen LogP contribution in [0.2, 0.25) is 0 Å².